The summed E-state index contributed by atoms with van der Waals surface area (Å²) in [5.41, 5.74) is 2.61. The van der Waals surface area contributed by atoms with Crippen molar-refractivity contribution in [2.75, 3.05) is 18.0 Å². The molecular weight excluding hydrogens is 158 g/mol. The molecule has 1 heteroatoms. The van der Waals surface area contributed by atoms with Crippen molar-refractivity contribution in [3.05, 3.63) is 29.8 Å². The first-order valence-corrected chi connectivity index (χ1v) is 5.09. The predicted octanol–water partition coefficient (Wildman–Crippen LogP) is 2.79. The van der Waals surface area contributed by atoms with E-state index in [0.29, 0.717) is 0 Å². The van der Waals surface area contributed by atoms with Gasteiger partial charge in [0, 0.05) is 24.8 Å². The second-order valence-corrected chi connectivity index (χ2v) is 3.80. The summed E-state index contributed by atoms with van der Waals surface area (Å²) in [6, 6.07) is 9.66. The van der Waals surface area contributed by atoms with Crippen LogP contribution < -0.4 is 4.90 Å². The average molecular weight is 174 g/mol. The second-order valence-electron chi connectivity index (χ2n) is 3.80. The number of aryl methyl sites for hydroxylation is 1. The summed E-state index contributed by atoms with van der Waals surface area (Å²) >= 11 is 0. The molecule has 1 aliphatic rings. The van der Waals surface area contributed by atoms with Gasteiger partial charge in [0.1, 0.15) is 0 Å². The fourth-order valence-corrected chi connectivity index (χ4v) is 1.88. The number of nitrogens with zero attached hydrogens (tertiary/aromatic N) is 1. The van der Waals surface area contributed by atoms with E-state index in [9.17, 15) is 0 Å². The van der Waals surface area contributed by atoms with Gasteiger partial charge in [0.15, 0.2) is 0 Å². The highest BCUT2D eigenvalue weighted by atomic mass is 15.1. The average Bonchev–Trinajstić information content (AvgIpc) is 2.19. The molecule has 0 saturated carbocycles. The molecule has 1 aromatic carbocycles. The molecule has 0 bridgehead atoms. The summed E-state index contributed by atoms with van der Waals surface area (Å²) in [7, 11) is 0. The number of piperidine rings is 1. The van der Waals surface area contributed by atoms with E-state index in [-0.39, 0.29) is 0 Å². The van der Waals surface area contributed by atoms with E-state index >= 15 is 0 Å². The predicted molar refractivity (Wildman–Crippen MR) is 56.1 cm³/mol. The van der Waals surface area contributed by atoms with Crippen molar-refractivity contribution >= 4 is 5.69 Å². The Kier molecular flexibility index (Phi) is 2.53. The van der Waals surface area contributed by atoms with Crippen LogP contribution in [0.2, 0.25) is 0 Å². The molecule has 1 nitrogen and oxygen atoms in total. The topological polar surface area (TPSA) is 3.24 Å². The molecule has 0 aliphatic carbocycles. The van der Waals surface area contributed by atoms with Gasteiger partial charge in [-0.1, -0.05) is 12.1 Å². The van der Waals surface area contributed by atoms with Gasteiger partial charge in [0.2, 0.25) is 0 Å². The lowest BCUT2D eigenvalue weighted by Crippen LogP contribution is -2.29. The first-order chi connectivity index (χ1) is 6.36. The Labute approximate surface area is 80.4 Å². The van der Waals surface area contributed by atoms with Gasteiger partial charge in [-0.15, -0.1) is 0 Å². The zero-order valence-electron chi connectivity index (χ0n) is 8.21. The summed E-state index contributed by atoms with van der Waals surface area (Å²) in [4.78, 5) is 2.44. The van der Waals surface area contributed by atoms with E-state index in [1.54, 1.807) is 0 Å². The molecule has 0 atom stereocenters. The van der Waals surface area contributed by atoms with Crippen LogP contribution in [0.25, 0.3) is 0 Å². The van der Waals surface area contributed by atoms with Crippen LogP contribution in [0.3, 0.4) is 0 Å². The molecule has 0 unspecified atom stereocenters. The summed E-state index contributed by atoms with van der Waals surface area (Å²) in [6.45, 7) is 4.56. The monoisotopic (exact) mass is 174 g/mol. The minimum Gasteiger partial charge on any atom is -0.371 e. The first-order valence-electron chi connectivity index (χ1n) is 5.09. The van der Waals surface area contributed by atoms with E-state index in [0.717, 1.165) is 0 Å². The molecule has 1 aliphatic heterocycles. The van der Waals surface area contributed by atoms with Crippen molar-refractivity contribution in [2.24, 2.45) is 0 Å². The van der Waals surface area contributed by atoms with Gasteiger partial charge in [-0.3, -0.25) is 0 Å². The number of hydrogen-bond donors (Lipinski definition) is 0. The largest absolute Gasteiger partial charge is 0.371 e. The normalized spacial score (nSPS) is 17.5. The number of rotatable bonds is 1. The highest BCUT2D eigenvalue weighted by molar-refractivity contribution is 5.47. The van der Waals surface area contributed by atoms with Crippen LogP contribution in [0.4, 0.5) is 5.69 Å². The zero-order chi connectivity index (χ0) is 9.10. The van der Waals surface area contributed by atoms with Crippen LogP contribution >= 0.6 is 0 Å². The summed E-state index contributed by atoms with van der Waals surface area (Å²) in [6.07, 6.45) is 4.06. The Morgan fingerprint density at radius 3 is 2.69 bits per heavy atom. The van der Waals surface area contributed by atoms with Crippen LogP contribution in [-0.4, -0.2) is 13.1 Å². The standard InChI is InChI=1S/C12H16N/c1-11-6-5-7-12(10-11)13-8-3-2-4-9-13/h5-6,10H,2-4,8-9H2,1H3. The lowest BCUT2D eigenvalue weighted by Gasteiger charge is -2.28. The molecule has 1 aromatic rings. The quantitative estimate of drug-likeness (QED) is 0.632. The molecule has 0 spiro atoms. The van der Waals surface area contributed by atoms with Gasteiger partial charge >= 0.3 is 0 Å². The molecule has 0 N–H and O–H groups in total. The highest BCUT2D eigenvalue weighted by Gasteiger charge is 2.10. The van der Waals surface area contributed by atoms with Crippen LogP contribution in [0.5, 0.6) is 0 Å². The maximum Gasteiger partial charge on any atom is 0.0449 e. The number of anilines is 1. The molecule has 0 aromatic heterocycles. The molecule has 1 fully saturated rings. The van der Waals surface area contributed by atoms with Crippen molar-refractivity contribution in [3.8, 4) is 0 Å². The van der Waals surface area contributed by atoms with Crippen LogP contribution in [0, 0.1) is 13.0 Å². The van der Waals surface area contributed by atoms with Crippen molar-refractivity contribution in [1.29, 1.82) is 0 Å². The Morgan fingerprint density at radius 1 is 1.23 bits per heavy atom. The molecular formula is C12H16N. The summed E-state index contributed by atoms with van der Waals surface area (Å²) in [5.74, 6) is 0. The Morgan fingerprint density at radius 2 is 2.00 bits per heavy atom. The third kappa shape index (κ3) is 2.03. The van der Waals surface area contributed by atoms with Crippen molar-refractivity contribution in [2.45, 2.75) is 26.2 Å². The van der Waals surface area contributed by atoms with Crippen molar-refractivity contribution in [1.82, 2.24) is 0 Å². The van der Waals surface area contributed by atoms with Gasteiger partial charge < -0.3 is 4.90 Å². The van der Waals surface area contributed by atoms with E-state index in [1.165, 1.54) is 43.6 Å². The maximum absolute atomic E-state index is 3.30. The van der Waals surface area contributed by atoms with Crippen LogP contribution in [0.15, 0.2) is 18.2 Å². The van der Waals surface area contributed by atoms with Crippen LogP contribution in [-0.2, 0) is 0 Å². The molecule has 13 heavy (non-hydrogen) atoms. The fraction of sp³-hybridized carbons (Fsp3) is 0.500. The summed E-state index contributed by atoms with van der Waals surface area (Å²) in [5, 5.41) is 0. The summed E-state index contributed by atoms with van der Waals surface area (Å²) < 4.78 is 0. The second kappa shape index (κ2) is 3.82. The molecule has 69 valence electrons. The van der Waals surface area contributed by atoms with Gasteiger partial charge in [0.05, 0.1) is 0 Å². The van der Waals surface area contributed by atoms with E-state index in [1.807, 2.05) is 6.07 Å². The minimum absolute atomic E-state index is 1.21. The first kappa shape index (κ1) is 8.61. The maximum atomic E-state index is 3.30. The number of hydrogen-bond acceptors (Lipinski definition) is 1. The lowest BCUT2D eigenvalue weighted by atomic mass is 10.1. The molecule has 2 rings (SSSR count). The van der Waals surface area contributed by atoms with Gasteiger partial charge in [0.25, 0.3) is 0 Å². The fourth-order valence-electron chi connectivity index (χ4n) is 1.88. The Hall–Kier alpha value is -0.980. The molecule has 1 heterocycles. The smallest absolute Gasteiger partial charge is 0.0449 e. The van der Waals surface area contributed by atoms with Gasteiger partial charge in [-0.25, -0.2) is 0 Å². The zero-order valence-corrected chi connectivity index (χ0v) is 8.21. The lowest BCUT2D eigenvalue weighted by molar-refractivity contribution is 0.577. The molecule has 0 amide bonds. The molecule has 1 saturated heterocycles. The van der Waals surface area contributed by atoms with Crippen LogP contribution in [0.1, 0.15) is 24.8 Å². The Balaban J connectivity index is 2.14. The highest BCUT2D eigenvalue weighted by Crippen LogP contribution is 2.19. The van der Waals surface area contributed by atoms with Crippen molar-refractivity contribution in [3.63, 3.8) is 0 Å². The van der Waals surface area contributed by atoms with E-state index in [4.69, 9.17) is 0 Å². The minimum atomic E-state index is 1.21. The SMILES string of the molecule is Cc1cc[c]c(N2CCCCC2)c1. The van der Waals surface area contributed by atoms with Gasteiger partial charge in [-0.2, -0.15) is 0 Å². The Bertz CT molecular complexity index is 274. The third-order valence-corrected chi connectivity index (χ3v) is 2.64. The number of benzene rings is 1. The van der Waals surface area contributed by atoms with Crippen molar-refractivity contribution < 1.29 is 0 Å². The van der Waals surface area contributed by atoms with Gasteiger partial charge in [-0.05, 0) is 37.8 Å². The van der Waals surface area contributed by atoms with E-state index in [2.05, 4.69) is 30.0 Å². The third-order valence-electron chi connectivity index (χ3n) is 2.64. The van der Waals surface area contributed by atoms with E-state index < -0.39 is 0 Å². The molecule has 1 radical (unpaired) electrons.